The van der Waals surface area contributed by atoms with Crippen LogP contribution in [-0.4, -0.2) is 37.0 Å². The predicted octanol–water partition coefficient (Wildman–Crippen LogP) is 1.02. The topological polar surface area (TPSA) is 58.4 Å². The lowest BCUT2D eigenvalue weighted by atomic mass is 10.0. The van der Waals surface area contributed by atoms with Gasteiger partial charge in [0.1, 0.15) is 0 Å². The number of carbonyl (C=O) groups is 1. The Bertz CT molecular complexity index is 411. The Kier molecular flexibility index (Phi) is 4.20. The Morgan fingerprint density at radius 3 is 2.83 bits per heavy atom. The maximum absolute atomic E-state index is 11.9. The molecule has 1 aliphatic rings. The number of anilines is 1. The van der Waals surface area contributed by atoms with Crippen LogP contribution in [0.2, 0.25) is 0 Å². The highest BCUT2D eigenvalue weighted by Crippen LogP contribution is 2.10. The van der Waals surface area contributed by atoms with Gasteiger partial charge in [0.05, 0.1) is 6.42 Å². The molecular formula is C14H21N3O. The first kappa shape index (κ1) is 12.9. The molecule has 1 aromatic rings. The molecule has 98 valence electrons. The first-order valence-electron chi connectivity index (χ1n) is 6.46. The summed E-state index contributed by atoms with van der Waals surface area (Å²) >= 11 is 0. The van der Waals surface area contributed by atoms with Crippen LogP contribution >= 0.6 is 0 Å². The summed E-state index contributed by atoms with van der Waals surface area (Å²) in [6, 6.07) is 7.83. The van der Waals surface area contributed by atoms with Gasteiger partial charge in [0.25, 0.3) is 0 Å². The van der Waals surface area contributed by atoms with Crippen LogP contribution in [0.3, 0.4) is 0 Å². The standard InChI is InChI=1S/C14H21N3O/c1-17-7-5-13(6-8-17)16-14(18)10-11-3-2-4-12(15)9-11/h2-4,9,13H,5-8,10,15H2,1H3,(H,16,18). The zero-order chi connectivity index (χ0) is 13.0. The van der Waals surface area contributed by atoms with Crippen molar-refractivity contribution in [1.29, 1.82) is 0 Å². The van der Waals surface area contributed by atoms with Crippen LogP contribution in [0.25, 0.3) is 0 Å². The number of nitrogens with zero attached hydrogens (tertiary/aromatic N) is 1. The van der Waals surface area contributed by atoms with Gasteiger partial charge < -0.3 is 16.0 Å². The van der Waals surface area contributed by atoms with Crippen molar-refractivity contribution in [3.8, 4) is 0 Å². The number of amides is 1. The van der Waals surface area contributed by atoms with Crippen molar-refractivity contribution in [2.45, 2.75) is 25.3 Å². The van der Waals surface area contributed by atoms with Gasteiger partial charge in [-0.1, -0.05) is 12.1 Å². The molecule has 0 radical (unpaired) electrons. The summed E-state index contributed by atoms with van der Waals surface area (Å²) in [5, 5.41) is 3.10. The van der Waals surface area contributed by atoms with Crippen molar-refractivity contribution in [1.82, 2.24) is 10.2 Å². The minimum atomic E-state index is 0.0927. The fourth-order valence-corrected chi connectivity index (χ4v) is 2.32. The summed E-state index contributed by atoms with van der Waals surface area (Å²) in [6.45, 7) is 2.12. The molecule has 1 fully saturated rings. The minimum absolute atomic E-state index is 0.0927. The Balaban J connectivity index is 1.82. The number of likely N-dealkylation sites (tertiary alicyclic amines) is 1. The highest BCUT2D eigenvalue weighted by Gasteiger charge is 2.18. The van der Waals surface area contributed by atoms with Crippen molar-refractivity contribution in [2.75, 3.05) is 25.9 Å². The second kappa shape index (κ2) is 5.87. The van der Waals surface area contributed by atoms with Crippen LogP contribution in [0.5, 0.6) is 0 Å². The highest BCUT2D eigenvalue weighted by molar-refractivity contribution is 5.79. The van der Waals surface area contributed by atoms with Crippen LogP contribution in [0.1, 0.15) is 18.4 Å². The fraction of sp³-hybridized carbons (Fsp3) is 0.500. The summed E-state index contributed by atoms with van der Waals surface area (Å²) in [5.74, 6) is 0.0927. The molecule has 0 spiro atoms. The predicted molar refractivity (Wildman–Crippen MR) is 73.2 cm³/mol. The SMILES string of the molecule is CN1CCC(NC(=O)Cc2cccc(N)c2)CC1. The first-order chi connectivity index (χ1) is 8.63. The summed E-state index contributed by atoms with van der Waals surface area (Å²) in [6.07, 6.45) is 2.50. The number of nitrogens with one attached hydrogen (secondary N) is 1. The molecule has 1 aliphatic heterocycles. The van der Waals surface area contributed by atoms with Gasteiger partial charge in [0, 0.05) is 11.7 Å². The van der Waals surface area contributed by atoms with E-state index < -0.39 is 0 Å². The van der Waals surface area contributed by atoms with E-state index in [1.54, 1.807) is 0 Å². The molecule has 0 atom stereocenters. The van der Waals surface area contributed by atoms with Gasteiger partial charge in [-0.25, -0.2) is 0 Å². The molecule has 0 unspecified atom stereocenters. The lowest BCUT2D eigenvalue weighted by molar-refractivity contribution is -0.121. The first-order valence-corrected chi connectivity index (χ1v) is 6.46. The Labute approximate surface area is 108 Å². The lowest BCUT2D eigenvalue weighted by Gasteiger charge is -2.29. The minimum Gasteiger partial charge on any atom is -0.399 e. The third-order valence-electron chi connectivity index (χ3n) is 3.40. The molecule has 1 heterocycles. The van der Waals surface area contributed by atoms with E-state index in [2.05, 4.69) is 17.3 Å². The second-order valence-electron chi connectivity index (χ2n) is 5.07. The van der Waals surface area contributed by atoms with Gasteiger partial charge in [-0.2, -0.15) is 0 Å². The summed E-state index contributed by atoms with van der Waals surface area (Å²) in [5.41, 5.74) is 7.38. The largest absolute Gasteiger partial charge is 0.399 e. The van der Waals surface area contributed by atoms with E-state index in [0.717, 1.165) is 31.5 Å². The van der Waals surface area contributed by atoms with E-state index in [4.69, 9.17) is 5.73 Å². The van der Waals surface area contributed by atoms with Gasteiger partial charge in [-0.3, -0.25) is 4.79 Å². The Morgan fingerprint density at radius 1 is 1.44 bits per heavy atom. The van der Waals surface area contributed by atoms with Gasteiger partial charge in [0.15, 0.2) is 0 Å². The van der Waals surface area contributed by atoms with Crippen molar-refractivity contribution in [3.63, 3.8) is 0 Å². The second-order valence-corrected chi connectivity index (χ2v) is 5.07. The van der Waals surface area contributed by atoms with Gasteiger partial charge in [0.2, 0.25) is 5.91 Å². The van der Waals surface area contributed by atoms with Crippen LogP contribution in [0.15, 0.2) is 24.3 Å². The summed E-state index contributed by atoms with van der Waals surface area (Å²) < 4.78 is 0. The molecule has 18 heavy (non-hydrogen) atoms. The van der Waals surface area contributed by atoms with E-state index in [1.807, 2.05) is 24.3 Å². The monoisotopic (exact) mass is 247 g/mol. The molecule has 0 bridgehead atoms. The summed E-state index contributed by atoms with van der Waals surface area (Å²) in [4.78, 5) is 14.2. The van der Waals surface area contributed by atoms with E-state index in [-0.39, 0.29) is 5.91 Å². The molecular weight excluding hydrogens is 226 g/mol. The molecule has 2 rings (SSSR count). The molecule has 1 saturated heterocycles. The van der Waals surface area contributed by atoms with Crippen LogP contribution < -0.4 is 11.1 Å². The maximum Gasteiger partial charge on any atom is 0.224 e. The number of rotatable bonds is 3. The van der Waals surface area contributed by atoms with Gasteiger partial charge >= 0.3 is 0 Å². The molecule has 0 aromatic heterocycles. The van der Waals surface area contributed by atoms with Gasteiger partial charge in [-0.05, 0) is 50.7 Å². The number of piperidine rings is 1. The number of hydrogen-bond donors (Lipinski definition) is 2. The number of benzene rings is 1. The molecule has 0 saturated carbocycles. The molecule has 0 aliphatic carbocycles. The molecule has 1 aromatic carbocycles. The number of nitrogen functional groups attached to an aromatic ring is 1. The van der Waals surface area contributed by atoms with Crippen LogP contribution in [-0.2, 0) is 11.2 Å². The normalized spacial score (nSPS) is 17.6. The maximum atomic E-state index is 11.9. The molecule has 4 nitrogen and oxygen atoms in total. The quantitative estimate of drug-likeness (QED) is 0.784. The third kappa shape index (κ3) is 3.74. The van der Waals surface area contributed by atoms with E-state index in [1.165, 1.54) is 0 Å². The smallest absolute Gasteiger partial charge is 0.224 e. The number of carbonyl (C=O) groups excluding carboxylic acids is 1. The van der Waals surface area contributed by atoms with Crippen molar-refractivity contribution in [2.24, 2.45) is 0 Å². The molecule has 4 heteroatoms. The zero-order valence-corrected chi connectivity index (χ0v) is 10.9. The zero-order valence-electron chi connectivity index (χ0n) is 10.9. The molecule has 1 amide bonds. The van der Waals surface area contributed by atoms with Gasteiger partial charge in [-0.15, -0.1) is 0 Å². The van der Waals surface area contributed by atoms with Crippen molar-refractivity contribution >= 4 is 11.6 Å². The number of nitrogens with two attached hydrogens (primary N) is 1. The highest BCUT2D eigenvalue weighted by atomic mass is 16.1. The average molecular weight is 247 g/mol. The van der Waals surface area contributed by atoms with Crippen LogP contribution in [0.4, 0.5) is 5.69 Å². The summed E-state index contributed by atoms with van der Waals surface area (Å²) in [7, 11) is 2.12. The molecule has 3 N–H and O–H groups in total. The lowest BCUT2D eigenvalue weighted by Crippen LogP contribution is -2.43. The number of hydrogen-bond acceptors (Lipinski definition) is 3. The van der Waals surface area contributed by atoms with Crippen molar-refractivity contribution in [3.05, 3.63) is 29.8 Å². The van der Waals surface area contributed by atoms with Crippen molar-refractivity contribution < 1.29 is 4.79 Å². The Hall–Kier alpha value is -1.55. The Morgan fingerprint density at radius 2 is 2.17 bits per heavy atom. The third-order valence-corrected chi connectivity index (χ3v) is 3.40. The van der Waals surface area contributed by atoms with E-state index >= 15 is 0 Å². The average Bonchev–Trinajstić information content (AvgIpc) is 2.32. The van der Waals surface area contributed by atoms with Crippen LogP contribution in [0, 0.1) is 0 Å². The fourth-order valence-electron chi connectivity index (χ4n) is 2.32. The van der Waals surface area contributed by atoms with E-state index in [9.17, 15) is 4.79 Å². The van der Waals surface area contributed by atoms with E-state index in [0.29, 0.717) is 18.2 Å².